The molecule has 0 saturated heterocycles. The molecule has 0 radical (unpaired) electrons. The second-order valence-corrected chi connectivity index (χ2v) is 4.29. The highest BCUT2D eigenvalue weighted by molar-refractivity contribution is 9.10. The maximum atomic E-state index is 11.5. The molecule has 0 aliphatic rings. The highest BCUT2D eigenvalue weighted by Gasteiger charge is 2.16. The Kier molecular flexibility index (Phi) is 3.98. The lowest BCUT2D eigenvalue weighted by molar-refractivity contribution is -0.384. The van der Waals surface area contributed by atoms with Gasteiger partial charge in [-0.15, -0.1) is 0 Å². The van der Waals surface area contributed by atoms with Crippen LogP contribution in [0.3, 0.4) is 0 Å². The summed E-state index contributed by atoms with van der Waals surface area (Å²) >= 11 is 6.27. The molecule has 1 rings (SSSR count). The van der Waals surface area contributed by atoms with Crippen molar-refractivity contribution in [2.45, 2.75) is 6.92 Å². The number of nitro groups is 1. The predicted molar refractivity (Wildman–Crippen MR) is 63.7 cm³/mol. The van der Waals surface area contributed by atoms with Crippen LogP contribution in [0.4, 0.5) is 5.69 Å². The first-order valence-electron chi connectivity index (χ1n) is 4.01. The Labute approximate surface area is 103 Å². The summed E-state index contributed by atoms with van der Waals surface area (Å²) in [6.07, 6.45) is 0. The second kappa shape index (κ2) is 4.85. The number of hydrogen-bond donors (Lipinski definition) is 0. The van der Waals surface area contributed by atoms with E-state index in [0.717, 1.165) is 0 Å². The van der Waals surface area contributed by atoms with Crippen molar-refractivity contribution in [3.05, 3.63) is 37.8 Å². The van der Waals surface area contributed by atoms with Crippen molar-refractivity contribution in [1.82, 2.24) is 0 Å². The van der Waals surface area contributed by atoms with Gasteiger partial charge in [-0.1, -0.05) is 15.9 Å². The highest BCUT2D eigenvalue weighted by atomic mass is 79.9. The Morgan fingerprint density at radius 2 is 2.13 bits per heavy atom. The number of benzene rings is 1. The molecule has 0 aliphatic heterocycles. The molecule has 0 heterocycles. The van der Waals surface area contributed by atoms with Crippen LogP contribution in [0.15, 0.2) is 16.6 Å². The van der Waals surface area contributed by atoms with Gasteiger partial charge in [-0.05, 0) is 28.4 Å². The van der Waals surface area contributed by atoms with Gasteiger partial charge in [0.1, 0.15) is 0 Å². The Morgan fingerprint density at radius 1 is 1.53 bits per heavy atom. The van der Waals surface area contributed by atoms with Gasteiger partial charge in [0.05, 0.1) is 10.3 Å². The minimum absolute atomic E-state index is 0.0694. The topological polar surface area (TPSA) is 60.2 Å². The first-order valence-corrected chi connectivity index (χ1v) is 5.92. The average molecular weight is 337 g/mol. The number of aryl methyl sites for hydroxylation is 1. The number of rotatable bonds is 3. The zero-order valence-corrected chi connectivity index (χ0v) is 11.0. The van der Waals surface area contributed by atoms with Crippen LogP contribution in [-0.2, 0) is 0 Å². The first-order chi connectivity index (χ1) is 6.97. The van der Waals surface area contributed by atoms with Crippen LogP contribution in [0, 0.1) is 17.0 Å². The van der Waals surface area contributed by atoms with E-state index in [-0.39, 0.29) is 16.8 Å². The molecule has 0 unspecified atom stereocenters. The van der Waals surface area contributed by atoms with Crippen LogP contribution in [-0.4, -0.2) is 16.0 Å². The zero-order valence-electron chi connectivity index (χ0n) is 7.79. The number of halogens is 2. The zero-order chi connectivity index (χ0) is 11.6. The van der Waals surface area contributed by atoms with Gasteiger partial charge in [0.2, 0.25) is 0 Å². The molecule has 0 fully saturated rings. The maximum absolute atomic E-state index is 11.5. The van der Waals surface area contributed by atoms with Crippen molar-refractivity contribution in [1.29, 1.82) is 0 Å². The summed E-state index contributed by atoms with van der Waals surface area (Å²) in [6, 6.07) is 2.70. The average Bonchev–Trinajstić information content (AvgIpc) is 2.20. The van der Waals surface area contributed by atoms with Crippen LogP contribution < -0.4 is 0 Å². The molecule has 0 saturated carbocycles. The largest absolute Gasteiger partial charge is 0.293 e. The molecule has 0 spiro atoms. The normalized spacial score (nSPS) is 10.1. The number of carbonyl (C=O) groups excluding carboxylic acids is 1. The predicted octanol–water partition coefficient (Wildman–Crippen LogP) is 3.24. The van der Waals surface area contributed by atoms with E-state index in [0.29, 0.717) is 15.6 Å². The summed E-state index contributed by atoms with van der Waals surface area (Å²) < 4.78 is 0.609. The third-order valence-electron chi connectivity index (χ3n) is 1.87. The third-order valence-corrected chi connectivity index (χ3v) is 3.43. The molecule has 0 bridgehead atoms. The summed E-state index contributed by atoms with van der Waals surface area (Å²) in [5, 5.41) is 10.7. The second-order valence-electron chi connectivity index (χ2n) is 2.94. The molecule has 80 valence electrons. The monoisotopic (exact) mass is 335 g/mol. The van der Waals surface area contributed by atoms with E-state index in [9.17, 15) is 14.9 Å². The quantitative estimate of drug-likeness (QED) is 0.368. The number of alkyl halides is 1. The van der Waals surface area contributed by atoms with Gasteiger partial charge in [-0.3, -0.25) is 14.9 Å². The number of ketones is 1. The molecule has 6 heteroatoms. The summed E-state index contributed by atoms with van der Waals surface area (Å²) in [5.41, 5.74) is 0.937. The van der Waals surface area contributed by atoms with Crippen molar-refractivity contribution in [3.8, 4) is 0 Å². The fourth-order valence-corrected chi connectivity index (χ4v) is 1.88. The molecule has 15 heavy (non-hydrogen) atoms. The number of carbonyl (C=O) groups is 1. The van der Waals surface area contributed by atoms with E-state index in [2.05, 4.69) is 31.9 Å². The van der Waals surface area contributed by atoms with Crippen LogP contribution in [0.5, 0.6) is 0 Å². The summed E-state index contributed by atoms with van der Waals surface area (Å²) in [4.78, 5) is 21.5. The van der Waals surface area contributed by atoms with E-state index in [1.165, 1.54) is 12.1 Å². The Bertz CT molecular complexity index is 432. The molecular weight excluding hydrogens is 330 g/mol. The number of hydrogen-bond acceptors (Lipinski definition) is 3. The standard InChI is InChI=1S/C9H7Br2NO3/c1-5-2-6(12(14)15)3-7(9(5)11)8(13)4-10/h2-3H,4H2,1H3. The minimum Gasteiger partial charge on any atom is -0.293 e. The van der Waals surface area contributed by atoms with E-state index in [4.69, 9.17) is 0 Å². The summed E-state index contributed by atoms with van der Waals surface area (Å²) in [7, 11) is 0. The van der Waals surface area contributed by atoms with Gasteiger partial charge in [0, 0.05) is 22.2 Å². The van der Waals surface area contributed by atoms with Crippen LogP contribution in [0.2, 0.25) is 0 Å². The Balaban J connectivity index is 3.37. The first kappa shape index (κ1) is 12.3. The lowest BCUT2D eigenvalue weighted by Crippen LogP contribution is -2.03. The van der Waals surface area contributed by atoms with Crippen LogP contribution in [0.25, 0.3) is 0 Å². The summed E-state index contributed by atoms with van der Waals surface area (Å²) in [5.74, 6) is -0.186. The van der Waals surface area contributed by atoms with Gasteiger partial charge < -0.3 is 0 Å². The van der Waals surface area contributed by atoms with Crippen LogP contribution >= 0.6 is 31.9 Å². The van der Waals surface area contributed by atoms with Crippen molar-refractivity contribution < 1.29 is 9.72 Å². The minimum atomic E-state index is -0.509. The molecule has 1 aromatic carbocycles. The third kappa shape index (κ3) is 2.63. The molecule has 0 atom stereocenters. The molecule has 1 aromatic rings. The van der Waals surface area contributed by atoms with Gasteiger partial charge in [0.25, 0.3) is 5.69 Å². The number of non-ortho nitro benzene ring substituents is 1. The van der Waals surface area contributed by atoms with E-state index in [1.54, 1.807) is 6.92 Å². The Morgan fingerprint density at radius 3 is 2.60 bits per heavy atom. The van der Waals surface area contributed by atoms with Gasteiger partial charge in [-0.25, -0.2) is 0 Å². The van der Waals surface area contributed by atoms with Crippen molar-refractivity contribution in [2.24, 2.45) is 0 Å². The molecule has 0 aromatic heterocycles. The van der Waals surface area contributed by atoms with Gasteiger partial charge in [-0.2, -0.15) is 0 Å². The van der Waals surface area contributed by atoms with Gasteiger partial charge in [0.15, 0.2) is 5.78 Å². The molecule has 4 nitrogen and oxygen atoms in total. The molecule has 0 amide bonds. The van der Waals surface area contributed by atoms with E-state index in [1.807, 2.05) is 0 Å². The number of nitrogens with zero attached hydrogens (tertiary/aromatic N) is 1. The lowest BCUT2D eigenvalue weighted by Gasteiger charge is -2.04. The van der Waals surface area contributed by atoms with Crippen LogP contribution in [0.1, 0.15) is 15.9 Å². The summed E-state index contributed by atoms with van der Waals surface area (Å²) in [6.45, 7) is 1.71. The fourth-order valence-electron chi connectivity index (χ4n) is 1.13. The smallest absolute Gasteiger partial charge is 0.270 e. The van der Waals surface area contributed by atoms with E-state index < -0.39 is 4.92 Å². The van der Waals surface area contributed by atoms with Gasteiger partial charge >= 0.3 is 0 Å². The number of Topliss-reactive ketones (excluding diaryl/α,β-unsaturated/α-hetero) is 1. The van der Waals surface area contributed by atoms with Crippen molar-refractivity contribution >= 4 is 43.3 Å². The lowest BCUT2D eigenvalue weighted by atomic mass is 10.1. The molecule has 0 aliphatic carbocycles. The van der Waals surface area contributed by atoms with Crippen molar-refractivity contribution in [3.63, 3.8) is 0 Å². The SMILES string of the molecule is Cc1cc([N+](=O)[O-])cc(C(=O)CBr)c1Br. The number of nitro benzene ring substituents is 1. The highest BCUT2D eigenvalue weighted by Crippen LogP contribution is 2.27. The molecule has 0 N–H and O–H groups in total. The molecular formula is C9H7Br2NO3. The van der Waals surface area contributed by atoms with E-state index >= 15 is 0 Å². The Hall–Kier alpha value is -0.750. The maximum Gasteiger partial charge on any atom is 0.270 e. The van der Waals surface area contributed by atoms with Crippen molar-refractivity contribution in [2.75, 3.05) is 5.33 Å². The fraction of sp³-hybridized carbons (Fsp3) is 0.222.